The number of benzene rings is 2. The second kappa shape index (κ2) is 6.59. The van der Waals surface area contributed by atoms with Gasteiger partial charge >= 0.3 is 0 Å². The summed E-state index contributed by atoms with van der Waals surface area (Å²) in [6.45, 7) is 0. The Morgan fingerprint density at radius 2 is 1.74 bits per heavy atom. The molecular formula is C14H11Br2Cl2N. The Labute approximate surface area is 139 Å². The van der Waals surface area contributed by atoms with Crippen molar-refractivity contribution in [1.29, 1.82) is 0 Å². The summed E-state index contributed by atoms with van der Waals surface area (Å²) in [6.07, 6.45) is 0.705. The molecule has 0 aliphatic heterocycles. The highest BCUT2D eigenvalue weighted by Gasteiger charge is 2.11. The highest BCUT2D eigenvalue weighted by Crippen LogP contribution is 2.29. The minimum Gasteiger partial charge on any atom is -0.324 e. The van der Waals surface area contributed by atoms with Crippen LogP contribution in [-0.4, -0.2) is 0 Å². The van der Waals surface area contributed by atoms with Gasteiger partial charge in [-0.25, -0.2) is 0 Å². The van der Waals surface area contributed by atoms with Crippen LogP contribution in [0.15, 0.2) is 45.3 Å². The molecule has 0 saturated carbocycles. The van der Waals surface area contributed by atoms with Gasteiger partial charge in [-0.1, -0.05) is 67.2 Å². The van der Waals surface area contributed by atoms with Gasteiger partial charge in [-0.2, -0.15) is 0 Å². The first kappa shape index (κ1) is 15.3. The van der Waals surface area contributed by atoms with Crippen molar-refractivity contribution in [2.75, 3.05) is 0 Å². The summed E-state index contributed by atoms with van der Waals surface area (Å²) in [6, 6.07) is 11.5. The zero-order valence-corrected chi connectivity index (χ0v) is 14.5. The molecule has 1 nitrogen and oxygen atoms in total. The molecular weight excluding hydrogens is 413 g/mol. The summed E-state index contributed by atoms with van der Waals surface area (Å²) in [5.41, 5.74) is 8.38. The second-order valence-corrected chi connectivity index (χ2v) is 6.81. The summed E-state index contributed by atoms with van der Waals surface area (Å²) < 4.78 is 2.01. The minimum absolute atomic E-state index is 0.0975. The van der Waals surface area contributed by atoms with Gasteiger partial charge in [0, 0.05) is 15.0 Å². The fourth-order valence-corrected chi connectivity index (χ4v) is 3.49. The number of halogens is 4. The van der Waals surface area contributed by atoms with Crippen LogP contribution in [-0.2, 0) is 6.42 Å². The summed E-state index contributed by atoms with van der Waals surface area (Å²) >= 11 is 18.9. The van der Waals surface area contributed by atoms with E-state index < -0.39 is 0 Å². The Balaban J connectivity index is 2.20. The largest absolute Gasteiger partial charge is 0.324 e. The molecule has 0 heterocycles. The smallest absolute Gasteiger partial charge is 0.0595 e. The summed E-state index contributed by atoms with van der Waals surface area (Å²) in [5, 5.41) is 1.12. The molecule has 2 aromatic rings. The van der Waals surface area contributed by atoms with Crippen LogP contribution in [0, 0.1) is 0 Å². The predicted molar refractivity (Wildman–Crippen MR) is 88.9 cm³/mol. The fraction of sp³-hybridized carbons (Fsp3) is 0.143. The van der Waals surface area contributed by atoms with Gasteiger partial charge in [0.25, 0.3) is 0 Å². The van der Waals surface area contributed by atoms with E-state index in [9.17, 15) is 0 Å². The van der Waals surface area contributed by atoms with E-state index in [1.165, 1.54) is 0 Å². The van der Waals surface area contributed by atoms with E-state index in [4.69, 9.17) is 28.9 Å². The average Bonchev–Trinajstić information content (AvgIpc) is 2.33. The molecule has 2 aromatic carbocycles. The molecule has 0 fully saturated rings. The summed E-state index contributed by atoms with van der Waals surface area (Å²) in [7, 11) is 0. The zero-order chi connectivity index (χ0) is 14.0. The molecule has 0 radical (unpaired) electrons. The Morgan fingerprint density at radius 1 is 1.00 bits per heavy atom. The lowest BCUT2D eigenvalue weighted by Gasteiger charge is -2.14. The van der Waals surface area contributed by atoms with Gasteiger partial charge in [0.2, 0.25) is 0 Å². The molecule has 0 amide bonds. The lowest BCUT2D eigenvalue weighted by atomic mass is 10.00. The lowest BCUT2D eigenvalue weighted by Crippen LogP contribution is -2.14. The Morgan fingerprint density at radius 3 is 2.37 bits per heavy atom. The fourth-order valence-electron chi connectivity index (χ4n) is 1.83. The van der Waals surface area contributed by atoms with Crippen LogP contribution >= 0.6 is 55.1 Å². The topological polar surface area (TPSA) is 26.0 Å². The molecule has 2 rings (SSSR count). The highest BCUT2D eigenvalue weighted by molar-refractivity contribution is 9.11. The van der Waals surface area contributed by atoms with E-state index in [-0.39, 0.29) is 6.04 Å². The van der Waals surface area contributed by atoms with Gasteiger partial charge < -0.3 is 5.73 Å². The molecule has 19 heavy (non-hydrogen) atoms. The summed E-state index contributed by atoms with van der Waals surface area (Å²) in [5.74, 6) is 0. The van der Waals surface area contributed by atoms with Crippen LogP contribution in [0.1, 0.15) is 17.2 Å². The summed E-state index contributed by atoms with van der Waals surface area (Å²) in [4.78, 5) is 0. The number of hydrogen-bond acceptors (Lipinski definition) is 1. The SMILES string of the molecule is NC(Cc1ccc(Cl)c(Cl)c1)c1ccc(Br)cc1Br. The molecule has 0 aliphatic rings. The van der Waals surface area contributed by atoms with Crippen molar-refractivity contribution >= 4 is 55.1 Å². The van der Waals surface area contributed by atoms with Crippen molar-refractivity contribution < 1.29 is 0 Å². The van der Waals surface area contributed by atoms with Gasteiger partial charge in [0.15, 0.2) is 0 Å². The third kappa shape index (κ3) is 3.96. The molecule has 0 aromatic heterocycles. The van der Waals surface area contributed by atoms with Gasteiger partial charge in [-0.15, -0.1) is 0 Å². The number of hydrogen-bond donors (Lipinski definition) is 1. The highest BCUT2D eigenvalue weighted by atomic mass is 79.9. The maximum Gasteiger partial charge on any atom is 0.0595 e. The third-order valence-corrected chi connectivity index (χ3v) is 4.72. The Bertz CT molecular complexity index is 602. The van der Waals surface area contributed by atoms with E-state index in [0.29, 0.717) is 16.5 Å². The average molecular weight is 424 g/mol. The van der Waals surface area contributed by atoms with E-state index in [1.807, 2.05) is 30.3 Å². The second-order valence-electron chi connectivity index (χ2n) is 4.22. The number of rotatable bonds is 3. The Kier molecular flexibility index (Phi) is 5.32. The van der Waals surface area contributed by atoms with Crippen molar-refractivity contribution in [2.24, 2.45) is 5.73 Å². The molecule has 1 atom stereocenters. The molecule has 1 unspecified atom stereocenters. The first-order valence-electron chi connectivity index (χ1n) is 5.62. The van der Waals surface area contributed by atoms with Crippen molar-refractivity contribution in [3.63, 3.8) is 0 Å². The molecule has 0 aliphatic carbocycles. The van der Waals surface area contributed by atoms with Crippen LogP contribution < -0.4 is 5.73 Å². The van der Waals surface area contributed by atoms with Crippen LogP contribution in [0.2, 0.25) is 10.0 Å². The normalized spacial score (nSPS) is 12.5. The van der Waals surface area contributed by atoms with Gasteiger partial charge in [0.05, 0.1) is 10.0 Å². The van der Waals surface area contributed by atoms with E-state index >= 15 is 0 Å². The standard InChI is InChI=1S/C14H11Br2Cl2N/c15-9-2-3-10(11(16)7-9)14(19)6-8-1-4-12(17)13(18)5-8/h1-5,7,14H,6,19H2. The lowest BCUT2D eigenvalue weighted by molar-refractivity contribution is 0.718. The molecule has 5 heteroatoms. The van der Waals surface area contributed by atoms with Crippen molar-refractivity contribution in [3.8, 4) is 0 Å². The maximum atomic E-state index is 6.24. The number of nitrogens with two attached hydrogens (primary N) is 1. The minimum atomic E-state index is -0.0975. The molecule has 0 spiro atoms. The molecule has 100 valence electrons. The zero-order valence-electron chi connectivity index (χ0n) is 9.84. The molecule has 2 N–H and O–H groups in total. The van der Waals surface area contributed by atoms with E-state index in [2.05, 4.69) is 31.9 Å². The maximum absolute atomic E-state index is 6.24. The van der Waals surface area contributed by atoms with E-state index in [1.54, 1.807) is 6.07 Å². The van der Waals surface area contributed by atoms with Crippen LogP contribution in [0.25, 0.3) is 0 Å². The van der Waals surface area contributed by atoms with Crippen LogP contribution in [0.4, 0.5) is 0 Å². The third-order valence-electron chi connectivity index (χ3n) is 2.80. The van der Waals surface area contributed by atoms with Crippen molar-refractivity contribution in [1.82, 2.24) is 0 Å². The van der Waals surface area contributed by atoms with Gasteiger partial charge in [-0.3, -0.25) is 0 Å². The monoisotopic (exact) mass is 421 g/mol. The van der Waals surface area contributed by atoms with Gasteiger partial charge in [-0.05, 0) is 41.8 Å². The quantitative estimate of drug-likeness (QED) is 0.667. The van der Waals surface area contributed by atoms with Gasteiger partial charge in [0.1, 0.15) is 0 Å². The molecule has 0 saturated heterocycles. The predicted octanol–water partition coefficient (Wildman–Crippen LogP) is 5.76. The first-order valence-corrected chi connectivity index (χ1v) is 7.96. The molecule has 0 bridgehead atoms. The van der Waals surface area contributed by atoms with Crippen LogP contribution in [0.3, 0.4) is 0 Å². The van der Waals surface area contributed by atoms with Crippen molar-refractivity contribution in [2.45, 2.75) is 12.5 Å². The Hall–Kier alpha value is -0.0600. The first-order chi connectivity index (χ1) is 8.97. The van der Waals surface area contributed by atoms with E-state index in [0.717, 1.165) is 20.1 Å². The van der Waals surface area contributed by atoms with Crippen molar-refractivity contribution in [3.05, 3.63) is 66.5 Å². The van der Waals surface area contributed by atoms with Crippen LogP contribution in [0.5, 0.6) is 0 Å².